The summed E-state index contributed by atoms with van der Waals surface area (Å²) in [6, 6.07) is 8.49. The fourth-order valence-electron chi connectivity index (χ4n) is 2.25. The molecule has 0 radical (unpaired) electrons. The Morgan fingerprint density at radius 3 is 2.95 bits per heavy atom. The molecule has 3 aromatic rings. The van der Waals surface area contributed by atoms with E-state index >= 15 is 0 Å². The number of pyridine rings is 1. The predicted octanol–water partition coefficient (Wildman–Crippen LogP) is 3.03. The van der Waals surface area contributed by atoms with Crippen LogP contribution in [0.1, 0.15) is 11.3 Å². The van der Waals surface area contributed by atoms with Crippen LogP contribution in [-0.2, 0) is 13.6 Å². The van der Waals surface area contributed by atoms with Gasteiger partial charge in [0.1, 0.15) is 5.82 Å². The van der Waals surface area contributed by atoms with Crippen LogP contribution in [0.25, 0.3) is 11.0 Å². The van der Waals surface area contributed by atoms with Gasteiger partial charge in [0, 0.05) is 30.9 Å². The molecule has 0 bridgehead atoms. The monoisotopic (exact) mass is 270 g/mol. The zero-order chi connectivity index (χ0) is 14.1. The minimum Gasteiger partial charge on any atom is -0.381 e. The maximum Gasteiger partial charge on any atom is 0.157 e. The third kappa shape index (κ3) is 2.34. The van der Waals surface area contributed by atoms with Crippen LogP contribution < -0.4 is 5.32 Å². The summed E-state index contributed by atoms with van der Waals surface area (Å²) < 4.78 is 14.9. The molecule has 0 saturated heterocycles. The molecule has 102 valence electrons. The molecule has 0 unspecified atom stereocenters. The van der Waals surface area contributed by atoms with Crippen molar-refractivity contribution in [3.63, 3.8) is 0 Å². The van der Waals surface area contributed by atoms with Gasteiger partial charge in [-0.15, -0.1) is 0 Å². The molecule has 0 spiro atoms. The van der Waals surface area contributed by atoms with Crippen LogP contribution in [0.4, 0.5) is 10.1 Å². The van der Waals surface area contributed by atoms with Crippen LogP contribution >= 0.6 is 0 Å². The molecule has 0 aliphatic rings. The summed E-state index contributed by atoms with van der Waals surface area (Å²) in [5, 5.41) is 8.58. The Labute approximate surface area is 116 Å². The average Bonchev–Trinajstić information content (AvgIpc) is 2.72. The molecule has 0 saturated carbocycles. The summed E-state index contributed by atoms with van der Waals surface area (Å²) in [6.07, 6.45) is 1.82. The molecule has 0 atom stereocenters. The van der Waals surface area contributed by atoms with Crippen LogP contribution in [0.3, 0.4) is 0 Å². The molecule has 1 N–H and O–H groups in total. The van der Waals surface area contributed by atoms with Crippen LogP contribution in [-0.4, -0.2) is 14.8 Å². The summed E-state index contributed by atoms with van der Waals surface area (Å²) in [5.74, 6) is -0.244. The predicted molar refractivity (Wildman–Crippen MR) is 77.0 cm³/mol. The Hall–Kier alpha value is -2.43. The standard InChI is InChI=1S/C15H15FN4/c1-10-14-6-11(9-18-15(14)20(2)19-10)8-17-13-5-3-4-12(16)7-13/h3-7,9,17H,8H2,1-2H3. The number of anilines is 1. The molecule has 4 nitrogen and oxygen atoms in total. The van der Waals surface area contributed by atoms with E-state index in [1.807, 2.05) is 26.2 Å². The molecular weight excluding hydrogens is 255 g/mol. The summed E-state index contributed by atoms with van der Waals surface area (Å²) in [4.78, 5) is 4.42. The first-order chi connectivity index (χ1) is 9.63. The van der Waals surface area contributed by atoms with Crippen molar-refractivity contribution in [2.75, 3.05) is 5.32 Å². The molecule has 5 heteroatoms. The molecule has 3 rings (SSSR count). The molecule has 0 amide bonds. The van der Waals surface area contributed by atoms with Crippen molar-refractivity contribution in [1.29, 1.82) is 0 Å². The van der Waals surface area contributed by atoms with Gasteiger partial charge in [-0.2, -0.15) is 5.10 Å². The van der Waals surface area contributed by atoms with Gasteiger partial charge in [0.25, 0.3) is 0 Å². The highest BCUT2D eigenvalue weighted by atomic mass is 19.1. The number of fused-ring (bicyclic) bond motifs is 1. The van der Waals surface area contributed by atoms with Gasteiger partial charge in [0.05, 0.1) is 5.69 Å². The number of aryl methyl sites for hydroxylation is 2. The lowest BCUT2D eigenvalue weighted by Gasteiger charge is -2.06. The molecule has 2 aromatic heterocycles. The van der Waals surface area contributed by atoms with E-state index < -0.39 is 0 Å². The Morgan fingerprint density at radius 2 is 2.15 bits per heavy atom. The highest BCUT2D eigenvalue weighted by Crippen LogP contribution is 2.17. The molecule has 20 heavy (non-hydrogen) atoms. The quantitative estimate of drug-likeness (QED) is 0.795. The Kier molecular flexibility index (Phi) is 3.10. The number of nitrogens with zero attached hydrogens (tertiary/aromatic N) is 3. The minimum atomic E-state index is -0.244. The van der Waals surface area contributed by atoms with Crippen molar-refractivity contribution < 1.29 is 4.39 Å². The first kappa shape index (κ1) is 12.6. The molecule has 0 aliphatic carbocycles. The average molecular weight is 270 g/mol. The number of benzene rings is 1. The van der Waals surface area contributed by atoms with Crippen molar-refractivity contribution in [3.05, 3.63) is 53.6 Å². The maximum absolute atomic E-state index is 13.1. The Balaban J connectivity index is 1.83. The summed E-state index contributed by atoms with van der Waals surface area (Å²) in [6.45, 7) is 2.56. The SMILES string of the molecule is Cc1nn(C)c2ncc(CNc3cccc(F)c3)cc12. The second kappa shape index (κ2) is 4.92. The lowest BCUT2D eigenvalue weighted by molar-refractivity contribution is 0.628. The van der Waals surface area contributed by atoms with Gasteiger partial charge in [-0.25, -0.2) is 9.37 Å². The third-order valence-electron chi connectivity index (χ3n) is 3.24. The number of rotatable bonds is 3. The highest BCUT2D eigenvalue weighted by molar-refractivity contribution is 5.78. The lowest BCUT2D eigenvalue weighted by atomic mass is 10.2. The fourth-order valence-corrected chi connectivity index (χ4v) is 2.25. The maximum atomic E-state index is 13.1. The molecule has 2 heterocycles. The van der Waals surface area contributed by atoms with Gasteiger partial charge >= 0.3 is 0 Å². The van der Waals surface area contributed by atoms with Gasteiger partial charge in [-0.3, -0.25) is 4.68 Å². The fraction of sp³-hybridized carbons (Fsp3) is 0.200. The van der Waals surface area contributed by atoms with Gasteiger partial charge in [0.15, 0.2) is 5.65 Å². The minimum absolute atomic E-state index is 0.244. The molecule has 0 aliphatic heterocycles. The normalized spacial score (nSPS) is 10.9. The van der Waals surface area contributed by atoms with E-state index in [-0.39, 0.29) is 5.82 Å². The Morgan fingerprint density at radius 1 is 1.30 bits per heavy atom. The van der Waals surface area contributed by atoms with Crippen molar-refractivity contribution in [1.82, 2.24) is 14.8 Å². The second-order valence-corrected chi connectivity index (χ2v) is 4.79. The van der Waals surface area contributed by atoms with Gasteiger partial charge in [-0.05, 0) is 36.8 Å². The van der Waals surface area contributed by atoms with Crippen molar-refractivity contribution in [2.45, 2.75) is 13.5 Å². The van der Waals surface area contributed by atoms with Gasteiger partial charge in [-0.1, -0.05) is 6.07 Å². The third-order valence-corrected chi connectivity index (χ3v) is 3.24. The second-order valence-electron chi connectivity index (χ2n) is 4.79. The topological polar surface area (TPSA) is 42.7 Å². The Bertz CT molecular complexity index is 764. The largest absolute Gasteiger partial charge is 0.381 e. The number of halogens is 1. The zero-order valence-electron chi connectivity index (χ0n) is 11.4. The molecular formula is C15H15FN4. The van der Waals surface area contributed by atoms with Crippen molar-refractivity contribution in [3.8, 4) is 0 Å². The first-order valence-corrected chi connectivity index (χ1v) is 6.41. The van der Waals surface area contributed by atoms with Crippen molar-refractivity contribution >= 4 is 16.7 Å². The van der Waals surface area contributed by atoms with E-state index in [4.69, 9.17) is 0 Å². The summed E-state index contributed by atoms with van der Waals surface area (Å²) >= 11 is 0. The van der Waals surface area contributed by atoms with E-state index in [1.165, 1.54) is 12.1 Å². The summed E-state index contributed by atoms with van der Waals surface area (Å²) in [5.41, 5.74) is 3.63. The molecule has 1 aromatic carbocycles. The van der Waals surface area contributed by atoms with Crippen molar-refractivity contribution in [2.24, 2.45) is 7.05 Å². The smallest absolute Gasteiger partial charge is 0.157 e. The first-order valence-electron chi connectivity index (χ1n) is 6.41. The lowest BCUT2D eigenvalue weighted by Crippen LogP contribution is -2.00. The van der Waals surface area contributed by atoms with Crippen LogP contribution in [0.5, 0.6) is 0 Å². The van der Waals surface area contributed by atoms with Gasteiger partial charge < -0.3 is 5.32 Å². The summed E-state index contributed by atoms with van der Waals surface area (Å²) in [7, 11) is 1.88. The van der Waals surface area contributed by atoms with Crippen LogP contribution in [0, 0.1) is 12.7 Å². The van der Waals surface area contributed by atoms with Crippen LogP contribution in [0.2, 0.25) is 0 Å². The number of hydrogen-bond acceptors (Lipinski definition) is 3. The van der Waals surface area contributed by atoms with E-state index in [0.717, 1.165) is 28.0 Å². The number of hydrogen-bond donors (Lipinski definition) is 1. The van der Waals surface area contributed by atoms with E-state index in [1.54, 1.807) is 10.7 Å². The number of nitrogens with one attached hydrogen (secondary N) is 1. The van der Waals surface area contributed by atoms with E-state index in [2.05, 4.69) is 21.5 Å². The van der Waals surface area contributed by atoms with Gasteiger partial charge in [0.2, 0.25) is 0 Å². The molecule has 0 fully saturated rings. The highest BCUT2D eigenvalue weighted by Gasteiger charge is 2.06. The van der Waals surface area contributed by atoms with E-state index in [9.17, 15) is 4.39 Å². The van der Waals surface area contributed by atoms with E-state index in [0.29, 0.717) is 6.54 Å². The van der Waals surface area contributed by atoms with Crippen LogP contribution in [0.15, 0.2) is 36.5 Å². The zero-order valence-corrected chi connectivity index (χ0v) is 11.4. The number of aromatic nitrogens is 3.